The third kappa shape index (κ3) is 5.64. The van der Waals surface area contributed by atoms with Crippen LogP contribution in [-0.4, -0.2) is 40.2 Å². The molecule has 0 radical (unpaired) electrons. The van der Waals surface area contributed by atoms with Crippen molar-refractivity contribution < 1.29 is 14.3 Å². The van der Waals surface area contributed by atoms with E-state index in [1.165, 1.54) is 21.3 Å². The molecule has 3 rings (SSSR count). The highest BCUT2D eigenvalue weighted by atomic mass is 32.2. The third-order valence-corrected chi connectivity index (χ3v) is 5.63. The van der Waals surface area contributed by atoms with E-state index in [2.05, 4.69) is 21.6 Å². The number of hydrogen-bond donors (Lipinski definition) is 2. The topological polar surface area (TPSA) is 104 Å². The molecule has 8 nitrogen and oxygen atoms in total. The molecule has 2 aromatic heterocycles. The standard InChI is InChI=1S/C18H21N5O3S2/c1-25-13-4-2-5-14(10-13)26-11-16-21-22-18(23(16)19)28-12-17(24)20-8-7-15-6-3-9-27-15/h2-6,9-10H,7-8,11-12,19H2,1H3,(H,20,24). The first-order valence-electron chi connectivity index (χ1n) is 8.54. The Morgan fingerprint density at radius 2 is 2.14 bits per heavy atom. The zero-order valence-corrected chi connectivity index (χ0v) is 17.0. The molecule has 0 aliphatic carbocycles. The maximum atomic E-state index is 12.0. The highest BCUT2D eigenvalue weighted by molar-refractivity contribution is 7.99. The predicted octanol–water partition coefficient (Wildman–Crippen LogP) is 2.09. The summed E-state index contributed by atoms with van der Waals surface area (Å²) in [6.45, 7) is 0.763. The number of hydrogen-bond acceptors (Lipinski definition) is 8. The van der Waals surface area contributed by atoms with Gasteiger partial charge in [-0.15, -0.1) is 21.5 Å². The Labute approximate surface area is 171 Å². The van der Waals surface area contributed by atoms with Gasteiger partial charge < -0.3 is 20.6 Å². The van der Waals surface area contributed by atoms with Crippen LogP contribution in [0.4, 0.5) is 0 Å². The lowest BCUT2D eigenvalue weighted by molar-refractivity contribution is -0.118. The van der Waals surface area contributed by atoms with Crippen LogP contribution in [0.15, 0.2) is 46.9 Å². The molecule has 0 bridgehead atoms. The number of nitrogens with one attached hydrogen (secondary N) is 1. The SMILES string of the molecule is COc1cccc(OCc2nnc(SCC(=O)NCCc3cccs3)n2N)c1. The number of thioether (sulfide) groups is 1. The molecular weight excluding hydrogens is 398 g/mol. The van der Waals surface area contributed by atoms with Crippen molar-refractivity contribution in [2.45, 2.75) is 18.2 Å². The number of carbonyl (C=O) groups excluding carboxylic acids is 1. The Balaban J connectivity index is 1.44. The van der Waals surface area contributed by atoms with Gasteiger partial charge in [-0.25, -0.2) is 4.68 Å². The van der Waals surface area contributed by atoms with E-state index in [1.807, 2.05) is 29.6 Å². The van der Waals surface area contributed by atoms with Crippen LogP contribution in [0.25, 0.3) is 0 Å². The number of nitrogens with zero attached hydrogens (tertiary/aromatic N) is 3. The van der Waals surface area contributed by atoms with Crippen molar-refractivity contribution in [3.05, 3.63) is 52.5 Å². The minimum atomic E-state index is -0.0706. The Morgan fingerprint density at radius 3 is 2.93 bits per heavy atom. The normalized spacial score (nSPS) is 10.6. The van der Waals surface area contributed by atoms with Gasteiger partial charge in [0.1, 0.15) is 18.1 Å². The molecule has 28 heavy (non-hydrogen) atoms. The number of nitrogens with two attached hydrogens (primary N) is 1. The molecule has 2 heterocycles. The molecule has 0 saturated heterocycles. The number of thiophene rings is 1. The van der Waals surface area contributed by atoms with E-state index in [0.29, 0.717) is 29.0 Å². The van der Waals surface area contributed by atoms with Crippen molar-refractivity contribution >= 4 is 29.0 Å². The van der Waals surface area contributed by atoms with Crippen LogP contribution < -0.4 is 20.6 Å². The molecule has 3 aromatic rings. The zero-order valence-electron chi connectivity index (χ0n) is 15.3. The van der Waals surface area contributed by atoms with Gasteiger partial charge in [-0.05, 0) is 30.0 Å². The molecule has 10 heteroatoms. The zero-order chi connectivity index (χ0) is 19.8. The Bertz CT molecular complexity index is 899. The number of carbonyl (C=O) groups is 1. The fourth-order valence-electron chi connectivity index (χ4n) is 2.30. The van der Waals surface area contributed by atoms with Crippen LogP contribution in [0.3, 0.4) is 0 Å². The summed E-state index contributed by atoms with van der Waals surface area (Å²) in [5, 5.41) is 13.4. The molecule has 1 aromatic carbocycles. The van der Waals surface area contributed by atoms with Crippen LogP contribution in [0.2, 0.25) is 0 Å². The number of nitrogen functional groups attached to an aromatic ring is 1. The maximum Gasteiger partial charge on any atom is 0.230 e. The minimum Gasteiger partial charge on any atom is -0.497 e. The van der Waals surface area contributed by atoms with Crippen LogP contribution in [0.1, 0.15) is 10.7 Å². The lowest BCUT2D eigenvalue weighted by Gasteiger charge is -2.08. The molecule has 3 N–H and O–H groups in total. The Kier molecular flexibility index (Phi) is 7.15. The summed E-state index contributed by atoms with van der Waals surface area (Å²) in [5.74, 6) is 7.96. The Morgan fingerprint density at radius 1 is 1.29 bits per heavy atom. The molecular formula is C18H21N5O3S2. The van der Waals surface area contributed by atoms with Gasteiger partial charge in [0.15, 0.2) is 5.82 Å². The second-order valence-electron chi connectivity index (χ2n) is 5.70. The number of ether oxygens (including phenoxy) is 2. The van der Waals surface area contributed by atoms with Crippen LogP contribution >= 0.6 is 23.1 Å². The van der Waals surface area contributed by atoms with Gasteiger partial charge in [0, 0.05) is 17.5 Å². The fraction of sp³-hybridized carbons (Fsp3) is 0.278. The molecule has 1 amide bonds. The molecule has 0 aliphatic rings. The third-order valence-electron chi connectivity index (χ3n) is 3.75. The smallest absolute Gasteiger partial charge is 0.230 e. The minimum absolute atomic E-state index is 0.0706. The van der Waals surface area contributed by atoms with E-state index in [4.69, 9.17) is 15.3 Å². The van der Waals surface area contributed by atoms with E-state index in [9.17, 15) is 4.79 Å². The van der Waals surface area contributed by atoms with Crippen molar-refractivity contribution in [1.82, 2.24) is 20.2 Å². The first-order chi connectivity index (χ1) is 13.7. The molecule has 148 valence electrons. The number of rotatable bonds is 10. The summed E-state index contributed by atoms with van der Waals surface area (Å²) in [6, 6.07) is 11.3. The molecule has 0 fully saturated rings. The molecule has 0 saturated carbocycles. The van der Waals surface area contributed by atoms with Gasteiger partial charge in [-0.1, -0.05) is 23.9 Å². The summed E-state index contributed by atoms with van der Waals surface area (Å²) in [6.07, 6.45) is 0.826. The van der Waals surface area contributed by atoms with Gasteiger partial charge in [-0.3, -0.25) is 4.79 Å². The molecule has 0 spiro atoms. The van der Waals surface area contributed by atoms with Gasteiger partial charge in [-0.2, -0.15) is 0 Å². The molecule has 0 unspecified atom stereocenters. The maximum absolute atomic E-state index is 12.0. The van der Waals surface area contributed by atoms with Gasteiger partial charge in [0.05, 0.1) is 12.9 Å². The first kappa shape index (κ1) is 20.0. The van der Waals surface area contributed by atoms with Crippen molar-refractivity contribution in [3.63, 3.8) is 0 Å². The summed E-state index contributed by atoms with van der Waals surface area (Å²) >= 11 is 2.91. The van der Waals surface area contributed by atoms with Gasteiger partial charge in [0.25, 0.3) is 0 Å². The number of amides is 1. The lowest BCUT2D eigenvalue weighted by Crippen LogP contribution is -2.27. The van der Waals surface area contributed by atoms with Crippen molar-refractivity contribution in [3.8, 4) is 11.5 Å². The van der Waals surface area contributed by atoms with E-state index < -0.39 is 0 Å². The van der Waals surface area contributed by atoms with Crippen molar-refractivity contribution in [2.75, 3.05) is 25.3 Å². The van der Waals surface area contributed by atoms with E-state index >= 15 is 0 Å². The second-order valence-corrected chi connectivity index (χ2v) is 7.68. The van der Waals surface area contributed by atoms with Crippen LogP contribution in [-0.2, 0) is 17.8 Å². The average Bonchev–Trinajstić information content (AvgIpc) is 3.35. The monoisotopic (exact) mass is 419 g/mol. The number of benzene rings is 1. The van der Waals surface area contributed by atoms with Gasteiger partial charge in [0.2, 0.25) is 11.1 Å². The van der Waals surface area contributed by atoms with E-state index in [1.54, 1.807) is 24.5 Å². The summed E-state index contributed by atoms with van der Waals surface area (Å²) < 4.78 is 12.2. The lowest BCUT2D eigenvalue weighted by atomic mass is 10.3. The number of aromatic nitrogens is 3. The molecule has 0 aliphatic heterocycles. The average molecular weight is 420 g/mol. The van der Waals surface area contributed by atoms with Gasteiger partial charge >= 0.3 is 0 Å². The van der Waals surface area contributed by atoms with Crippen LogP contribution in [0, 0.1) is 0 Å². The molecule has 0 atom stereocenters. The predicted molar refractivity (Wildman–Crippen MR) is 109 cm³/mol. The largest absolute Gasteiger partial charge is 0.497 e. The fourth-order valence-corrected chi connectivity index (χ4v) is 3.72. The summed E-state index contributed by atoms with van der Waals surface area (Å²) in [5.41, 5.74) is 0. The highest BCUT2D eigenvalue weighted by Crippen LogP contribution is 2.20. The first-order valence-corrected chi connectivity index (χ1v) is 10.4. The van der Waals surface area contributed by atoms with Crippen LogP contribution in [0.5, 0.6) is 11.5 Å². The Hall–Kier alpha value is -2.72. The van der Waals surface area contributed by atoms with Crippen molar-refractivity contribution in [2.24, 2.45) is 0 Å². The van der Waals surface area contributed by atoms with Crippen molar-refractivity contribution in [1.29, 1.82) is 0 Å². The van der Waals surface area contributed by atoms with E-state index in [0.717, 1.165) is 6.42 Å². The quantitative estimate of drug-likeness (QED) is 0.383. The summed E-state index contributed by atoms with van der Waals surface area (Å²) in [4.78, 5) is 13.2. The summed E-state index contributed by atoms with van der Waals surface area (Å²) in [7, 11) is 1.59. The second kappa shape index (κ2) is 10.00. The van der Waals surface area contributed by atoms with E-state index in [-0.39, 0.29) is 18.3 Å². The highest BCUT2D eigenvalue weighted by Gasteiger charge is 2.13. The number of methoxy groups -OCH3 is 1.